The Kier molecular flexibility index (Phi) is 5.61. The van der Waals surface area contributed by atoms with Crippen molar-refractivity contribution in [2.45, 2.75) is 12.6 Å². The van der Waals surface area contributed by atoms with Crippen LogP contribution in [0.2, 0.25) is 0 Å². The summed E-state index contributed by atoms with van der Waals surface area (Å²) in [5, 5.41) is 0. The van der Waals surface area contributed by atoms with Gasteiger partial charge in [0, 0.05) is 17.2 Å². The van der Waals surface area contributed by atoms with Crippen LogP contribution in [-0.2, 0) is 9.53 Å². The normalized spacial score (nSPS) is 11.2. The second-order valence-corrected chi connectivity index (χ2v) is 4.82. The summed E-state index contributed by atoms with van der Waals surface area (Å²) in [4.78, 5) is 26.0. The highest BCUT2D eigenvalue weighted by Crippen LogP contribution is 2.19. The molecule has 0 aromatic carbocycles. The van der Waals surface area contributed by atoms with Crippen molar-refractivity contribution in [1.29, 1.82) is 0 Å². The summed E-state index contributed by atoms with van der Waals surface area (Å²) in [6, 6.07) is 1.36. The summed E-state index contributed by atoms with van der Waals surface area (Å²) in [6.45, 7) is -1.80. The molecular weight excluding hydrogens is 345 g/mol. The van der Waals surface area contributed by atoms with Crippen molar-refractivity contribution in [2.75, 3.05) is 20.2 Å². The Labute approximate surface area is 121 Å². The van der Waals surface area contributed by atoms with Crippen molar-refractivity contribution in [2.24, 2.45) is 0 Å². The van der Waals surface area contributed by atoms with Crippen LogP contribution < -0.4 is 0 Å². The number of methoxy groups -OCH3 is 1. The van der Waals surface area contributed by atoms with Gasteiger partial charge in [-0.2, -0.15) is 13.2 Å². The highest BCUT2D eigenvalue weighted by atomic mass is 79.9. The number of aromatic nitrogens is 1. The van der Waals surface area contributed by atoms with Gasteiger partial charge in [-0.25, -0.2) is 0 Å². The molecule has 1 N–H and O–H groups in total. The van der Waals surface area contributed by atoms with Gasteiger partial charge in [-0.1, -0.05) is 0 Å². The summed E-state index contributed by atoms with van der Waals surface area (Å²) in [5.41, 5.74) is 0.00555. The summed E-state index contributed by atoms with van der Waals surface area (Å²) < 4.78 is 42.3. The molecule has 1 aromatic rings. The molecule has 0 aliphatic heterocycles. The van der Waals surface area contributed by atoms with E-state index in [4.69, 9.17) is 0 Å². The SMILES string of the molecule is COC(=O)CCN(CC(F)(F)F)C(=O)c1cc(Br)c[nH]1. The third kappa shape index (κ3) is 5.24. The van der Waals surface area contributed by atoms with E-state index in [1.54, 1.807) is 0 Å². The van der Waals surface area contributed by atoms with Crippen molar-refractivity contribution in [1.82, 2.24) is 9.88 Å². The van der Waals surface area contributed by atoms with Crippen LogP contribution in [0.1, 0.15) is 16.9 Å². The molecule has 1 rings (SSSR count). The molecule has 0 atom stereocenters. The lowest BCUT2D eigenvalue weighted by atomic mass is 10.3. The molecule has 1 amide bonds. The average molecular weight is 357 g/mol. The van der Waals surface area contributed by atoms with Crippen LogP contribution in [0, 0.1) is 0 Å². The van der Waals surface area contributed by atoms with Gasteiger partial charge in [0.05, 0.1) is 13.5 Å². The average Bonchev–Trinajstić information content (AvgIpc) is 2.78. The smallest absolute Gasteiger partial charge is 0.406 e. The van der Waals surface area contributed by atoms with E-state index < -0.39 is 24.6 Å². The van der Waals surface area contributed by atoms with E-state index in [-0.39, 0.29) is 18.7 Å². The third-order valence-electron chi connectivity index (χ3n) is 2.35. The second-order valence-electron chi connectivity index (χ2n) is 3.90. The molecule has 9 heteroatoms. The zero-order valence-electron chi connectivity index (χ0n) is 10.5. The zero-order chi connectivity index (χ0) is 15.3. The molecule has 1 aromatic heterocycles. The zero-order valence-corrected chi connectivity index (χ0v) is 12.0. The largest absolute Gasteiger partial charge is 0.469 e. The minimum atomic E-state index is -4.55. The molecule has 0 saturated carbocycles. The van der Waals surface area contributed by atoms with Crippen LogP contribution in [0.25, 0.3) is 0 Å². The Morgan fingerprint density at radius 3 is 2.55 bits per heavy atom. The number of nitrogens with zero attached hydrogens (tertiary/aromatic N) is 1. The molecule has 112 valence electrons. The fourth-order valence-electron chi connectivity index (χ4n) is 1.46. The molecule has 0 unspecified atom stereocenters. The van der Waals surface area contributed by atoms with Gasteiger partial charge < -0.3 is 14.6 Å². The lowest BCUT2D eigenvalue weighted by Crippen LogP contribution is -2.40. The fraction of sp³-hybridized carbons (Fsp3) is 0.455. The molecule has 0 bridgehead atoms. The maximum absolute atomic E-state index is 12.5. The molecule has 5 nitrogen and oxygen atoms in total. The number of carbonyl (C=O) groups is 2. The van der Waals surface area contributed by atoms with E-state index in [1.165, 1.54) is 12.3 Å². The molecule has 20 heavy (non-hydrogen) atoms. The molecule has 0 radical (unpaired) electrons. The van der Waals surface area contributed by atoms with Crippen molar-refractivity contribution in [3.05, 3.63) is 22.4 Å². The number of esters is 1. The van der Waals surface area contributed by atoms with Gasteiger partial charge >= 0.3 is 12.1 Å². The Morgan fingerprint density at radius 2 is 2.10 bits per heavy atom. The Bertz CT molecular complexity index is 488. The standard InChI is InChI=1S/C11H12BrF3N2O3/c1-20-9(18)2-3-17(6-11(13,14)15)10(19)8-4-7(12)5-16-8/h4-5,16H,2-3,6H2,1H3. The number of amides is 1. The number of halogens is 4. The van der Waals surface area contributed by atoms with Crippen molar-refractivity contribution < 1.29 is 27.5 Å². The number of hydrogen-bond donors (Lipinski definition) is 1. The molecule has 0 aliphatic carbocycles. The van der Waals surface area contributed by atoms with Gasteiger partial charge in [-0.05, 0) is 22.0 Å². The predicted octanol–water partition coefficient (Wildman–Crippen LogP) is 2.34. The van der Waals surface area contributed by atoms with Gasteiger partial charge in [-0.15, -0.1) is 0 Å². The van der Waals surface area contributed by atoms with Crippen LogP contribution in [-0.4, -0.2) is 48.1 Å². The number of ether oxygens (including phenoxy) is 1. The predicted molar refractivity (Wildman–Crippen MR) is 67.1 cm³/mol. The molecule has 1 heterocycles. The minimum absolute atomic E-state index is 0.00555. The number of hydrogen-bond acceptors (Lipinski definition) is 3. The highest BCUT2D eigenvalue weighted by Gasteiger charge is 2.33. The number of H-pyrrole nitrogens is 1. The van der Waals surface area contributed by atoms with Crippen molar-refractivity contribution >= 4 is 27.8 Å². The Balaban J connectivity index is 2.80. The van der Waals surface area contributed by atoms with Gasteiger partial charge in [-0.3, -0.25) is 9.59 Å². The van der Waals surface area contributed by atoms with Gasteiger partial charge in [0.25, 0.3) is 5.91 Å². The van der Waals surface area contributed by atoms with Crippen LogP contribution >= 0.6 is 15.9 Å². The van der Waals surface area contributed by atoms with Gasteiger partial charge in [0.15, 0.2) is 0 Å². The van der Waals surface area contributed by atoms with Gasteiger partial charge in [0.1, 0.15) is 12.2 Å². The van der Waals surface area contributed by atoms with E-state index in [1.807, 2.05) is 0 Å². The first-order valence-corrected chi connectivity index (χ1v) is 6.29. The lowest BCUT2D eigenvalue weighted by molar-refractivity contribution is -0.147. The highest BCUT2D eigenvalue weighted by molar-refractivity contribution is 9.10. The number of nitrogens with one attached hydrogen (secondary N) is 1. The van der Waals surface area contributed by atoms with Crippen LogP contribution in [0.15, 0.2) is 16.7 Å². The maximum Gasteiger partial charge on any atom is 0.406 e. The van der Waals surface area contributed by atoms with Crippen molar-refractivity contribution in [3.8, 4) is 0 Å². The number of rotatable bonds is 5. The van der Waals surface area contributed by atoms with E-state index in [2.05, 4.69) is 25.7 Å². The minimum Gasteiger partial charge on any atom is -0.469 e. The first kappa shape index (κ1) is 16.5. The third-order valence-corrected chi connectivity index (χ3v) is 2.81. The maximum atomic E-state index is 12.5. The summed E-state index contributed by atoms with van der Waals surface area (Å²) in [5.74, 6) is -1.52. The summed E-state index contributed by atoms with van der Waals surface area (Å²) in [6.07, 6.45) is -3.42. The summed E-state index contributed by atoms with van der Waals surface area (Å²) >= 11 is 3.09. The van der Waals surface area contributed by atoms with Crippen LogP contribution in [0.4, 0.5) is 13.2 Å². The Morgan fingerprint density at radius 1 is 1.45 bits per heavy atom. The van der Waals surface area contributed by atoms with Crippen molar-refractivity contribution in [3.63, 3.8) is 0 Å². The van der Waals surface area contributed by atoms with E-state index in [9.17, 15) is 22.8 Å². The summed E-state index contributed by atoms with van der Waals surface area (Å²) in [7, 11) is 1.13. The topological polar surface area (TPSA) is 62.4 Å². The monoisotopic (exact) mass is 356 g/mol. The molecule has 0 spiro atoms. The molecule has 0 saturated heterocycles. The number of aromatic amines is 1. The Hall–Kier alpha value is -1.51. The number of alkyl halides is 3. The van der Waals surface area contributed by atoms with Gasteiger partial charge in [0.2, 0.25) is 0 Å². The number of carbonyl (C=O) groups excluding carboxylic acids is 2. The molecule has 0 fully saturated rings. The van der Waals surface area contributed by atoms with E-state index >= 15 is 0 Å². The lowest BCUT2D eigenvalue weighted by Gasteiger charge is -2.23. The van der Waals surface area contributed by atoms with Crippen LogP contribution in [0.5, 0.6) is 0 Å². The fourth-order valence-corrected chi connectivity index (χ4v) is 1.80. The molecule has 0 aliphatic rings. The van der Waals surface area contributed by atoms with E-state index in [0.29, 0.717) is 9.37 Å². The second kappa shape index (κ2) is 6.78. The van der Waals surface area contributed by atoms with E-state index in [0.717, 1.165) is 7.11 Å². The quantitative estimate of drug-likeness (QED) is 0.823. The van der Waals surface area contributed by atoms with Crippen LogP contribution in [0.3, 0.4) is 0 Å². The first-order chi connectivity index (χ1) is 9.23. The first-order valence-electron chi connectivity index (χ1n) is 5.49. The molecular formula is C11H12BrF3N2O3.